The molecule has 0 heterocycles. The Kier molecular flexibility index (Phi) is 6.36. The second-order valence-electron chi connectivity index (χ2n) is 2.48. The van der Waals surface area contributed by atoms with Crippen LogP contribution < -0.4 is 11.3 Å². The smallest absolute Gasteiger partial charge is 0.237 e. The van der Waals surface area contributed by atoms with Crippen molar-refractivity contribution in [1.29, 1.82) is 0 Å². The van der Waals surface area contributed by atoms with Crippen molar-refractivity contribution in [1.82, 2.24) is 5.43 Å². The molecule has 0 saturated heterocycles. The molecule has 0 aliphatic rings. The Morgan fingerprint density at radius 3 is 2.82 bits per heavy atom. The van der Waals surface area contributed by atoms with E-state index >= 15 is 0 Å². The van der Waals surface area contributed by atoms with Crippen LogP contribution in [-0.4, -0.2) is 17.4 Å². The van der Waals surface area contributed by atoms with Gasteiger partial charge in [-0.25, -0.2) is 5.84 Å². The fourth-order valence-electron chi connectivity index (χ4n) is 0.622. The number of hydrazine groups is 1. The molecule has 0 aromatic carbocycles. The highest BCUT2D eigenvalue weighted by Gasteiger charge is 2.09. The minimum Gasteiger partial charge on any atom is -0.294 e. The van der Waals surface area contributed by atoms with E-state index in [0.717, 1.165) is 17.9 Å². The number of thioether (sulfide) groups is 1. The molecule has 0 spiro atoms. The normalized spacial score (nSPS) is 12.6. The molecule has 0 aliphatic heterocycles. The van der Waals surface area contributed by atoms with Crippen molar-refractivity contribution in [3.8, 4) is 0 Å². The van der Waals surface area contributed by atoms with Gasteiger partial charge in [-0.3, -0.25) is 10.2 Å². The highest BCUT2D eigenvalue weighted by atomic mass is 32.2. The Hall–Kier alpha value is -0.220. The van der Waals surface area contributed by atoms with Crippen molar-refractivity contribution in [2.24, 2.45) is 11.8 Å². The maximum atomic E-state index is 10.9. The van der Waals surface area contributed by atoms with Gasteiger partial charge in [0.05, 0.1) is 0 Å². The predicted molar refractivity (Wildman–Crippen MR) is 49.1 cm³/mol. The summed E-state index contributed by atoms with van der Waals surface area (Å²) < 4.78 is 0. The van der Waals surface area contributed by atoms with Crippen LogP contribution in [0.4, 0.5) is 0 Å². The number of nitrogens with one attached hydrogen (secondary N) is 1. The Labute approximate surface area is 72.1 Å². The fourth-order valence-corrected chi connectivity index (χ4v) is 1.58. The van der Waals surface area contributed by atoms with E-state index in [1.807, 2.05) is 6.92 Å². The molecule has 4 heteroatoms. The molecule has 1 atom stereocenters. The summed E-state index contributed by atoms with van der Waals surface area (Å²) in [4.78, 5) is 10.9. The lowest BCUT2D eigenvalue weighted by Gasteiger charge is -2.07. The Morgan fingerprint density at radius 2 is 2.36 bits per heavy atom. The summed E-state index contributed by atoms with van der Waals surface area (Å²) in [6.07, 6.45) is 1.15. The molecule has 0 aromatic heterocycles. The topological polar surface area (TPSA) is 55.1 Å². The summed E-state index contributed by atoms with van der Waals surface area (Å²) in [5, 5.41) is 0. The minimum atomic E-state index is -0.0754. The van der Waals surface area contributed by atoms with Crippen molar-refractivity contribution in [3.05, 3.63) is 0 Å². The van der Waals surface area contributed by atoms with Crippen molar-refractivity contribution in [2.75, 3.05) is 11.5 Å². The lowest BCUT2D eigenvalue weighted by atomic mass is 10.2. The van der Waals surface area contributed by atoms with Gasteiger partial charge in [0.2, 0.25) is 5.91 Å². The first-order valence-corrected chi connectivity index (χ1v) is 4.96. The van der Waals surface area contributed by atoms with Gasteiger partial charge in [-0.15, -0.1) is 0 Å². The third kappa shape index (κ3) is 5.09. The largest absolute Gasteiger partial charge is 0.294 e. The second kappa shape index (κ2) is 6.49. The number of hydrogen-bond donors (Lipinski definition) is 2. The summed E-state index contributed by atoms with van der Waals surface area (Å²) in [6, 6.07) is 0. The molecule has 0 saturated carbocycles. The number of nitrogens with two attached hydrogens (primary N) is 1. The molecule has 1 amide bonds. The van der Waals surface area contributed by atoms with Gasteiger partial charge in [0, 0.05) is 11.7 Å². The molecular weight excluding hydrogens is 160 g/mol. The molecule has 0 rings (SSSR count). The second-order valence-corrected chi connectivity index (χ2v) is 3.63. The first-order valence-electron chi connectivity index (χ1n) is 3.80. The Bertz CT molecular complexity index is 119. The van der Waals surface area contributed by atoms with Gasteiger partial charge in [-0.05, 0) is 12.2 Å². The van der Waals surface area contributed by atoms with Gasteiger partial charge >= 0.3 is 0 Å². The SMILES string of the molecule is CCCSCC(C)C(=O)NN. The van der Waals surface area contributed by atoms with Gasteiger partial charge in [0.15, 0.2) is 0 Å². The Balaban J connectivity index is 3.36. The number of amides is 1. The minimum absolute atomic E-state index is 0.0246. The van der Waals surface area contributed by atoms with Crippen LogP contribution in [0, 0.1) is 5.92 Å². The quantitative estimate of drug-likeness (QED) is 0.281. The molecule has 0 fully saturated rings. The summed E-state index contributed by atoms with van der Waals surface area (Å²) in [5.74, 6) is 6.89. The van der Waals surface area contributed by atoms with Gasteiger partial charge in [0.25, 0.3) is 0 Å². The fraction of sp³-hybridized carbons (Fsp3) is 0.857. The van der Waals surface area contributed by atoms with Crippen molar-refractivity contribution < 1.29 is 4.79 Å². The molecule has 0 aromatic rings. The summed E-state index contributed by atoms with van der Waals surface area (Å²) in [6.45, 7) is 4.01. The number of carbonyl (C=O) groups excluding carboxylic acids is 1. The molecule has 3 nitrogen and oxygen atoms in total. The molecule has 1 unspecified atom stereocenters. The van der Waals surface area contributed by atoms with Gasteiger partial charge in [0.1, 0.15) is 0 Å². The molecule has 0 bridgehead atoms. The maximum absolute atomic E-state index is 10.9. The van der Waals surface area contributed by atoms with Gasteiger partial charge in [-0.2, -0.15) is 11.8 Å². The predicted octanol–water partition coefficient (Wildman–Crippen LogP) is 0.756. The van der Waals surface area contributed by atoms with E-state index in [0.29, 0.717) is 0 Å². The lowest BCUT2D eigenvalue weighted by molar-refractivity contribution is -0.123. The first-order chi connectivity index (χ1) is 5.22. The van der Waals surface area contributed by atoms with Crippen molar-refractivity contribution in [2.45, 2.75) is 20.3 Å². The van der Waals surface area contributed by atoms with Crippen LogP contribution in [0.3, 0.4) is 0 Å². The van der Waals surface area contributed by atoms with Crippen molar-refractivity contribution in [3.63, 3.8) is 0 Å². The van der Waals surface area contributed by atoms with Crippen LogP contribution in [-0.2, 0) is 4.79 Å². The van der Waals surface area contributed by atoms with E-state index in [9.17, 15) is 4.79 Å². The molecule has 0 aliphatic carbocycles. The van der Waals surface area contributed by atoms with E-state index in [-0.39, 0.29) is 11.8 Å². The first kappa shape index (κ1) is 10.8. The van der Waals surface area contributed by atoms with Crippen LogP contribution >= 0.6 is 11.8 Å². The third-order valence-electron chi connectivity index (χ3n) is 1.31. The average molecular weight is 176 g/mol. The van der Waals surface area contributed by atoms with Crippen LogP contribution in [0.2, 0.25) is 0 Å². The molecule has 0 radical (unpaired) electrons. The average Bonchev–Trinajstić information content (AvgIpc) is 2.03. The summed E-state index contributed by atoms with van der Waals surface area (Å²) in [5.41, 5.74) is 2.14. The number of hydrogen-bond acceptors (Lipinski definition) is 3. The van der Waals surface area contributed by atoms with E-state index in [1.165, 1.54) is 0 Å². The molecular formula is C7H16N2OS. The van der Waals surface area contributed by atoms with E-state index in [1.54, 1.807) is 11.8 Å². The zero-order valence-corrected chi connectivity index (χ0v) is 7.91. The zero-order valence-electron chi connectivity index (χ0n) is 7.09. The monoisotopic (exact) mass is 176 g/mol. The van der Waals surface area contributed by atoms with Crippen LogP contribution in [0.25, 0.3) is 0 Å². The Morgan fingerprint density at radius 1 is 1.73 bits per heavy atom. The van der Waals surface area contributed by atoms with Crippen LogP contribution in [0.5, 0.6) is 0 Å². The van der Waals surface area contributed by atoms with E-state index in [2.05, 4.69) is 12.3 Å². The molecule has 66 valence electrons. The maximum Gasteiger partial charge on any atom is 0.237 e. The van der Waals surface area contributed by atoms with E-state index < -0.39 is 0 Å². The van der Waals surface area contributed by atoms with Crippen LogP contribution in [0.1, 0.15) is 20.3 Å². The van der Waals surface area contributed by atoms with Crippen LogP contribution in [0.15, 0.2) is 0 Å². The van der Waals surface area contributed by atoms with Gasteiger partial charge in [-0.1, -0.05) is 13.8 Å². The zero-order chi connectivity index (χ0) is 8.69. The van der Waals surface area contributed by atoms with Crippen molar-refractivity contribution >= 4 is 17.7 Å². The number of carbonyl (C=O) groups is 1. The molecule has 3 N–H and O–H groups in total. The highest BCUT2D eigenvalue weighted by Crippen LogP contribution is 2.08. The lowest BCUT2D eigenvalue weighted by Crippen LogP contribution is -2.35. The third-order valence-corrected chi connectivity index (χ3v) is 2.74. The summed E-state index contributed by atoms with van der Waals surface area (Å²) >= 11 is 1.79. The number of rotatable bonds is 5. The van der Waals surface area contributed by atoms with Gasteiger partial charge < -0.3 is 0 Å². The highest BCUT2D eigenvalue weighted by molar-refractivity contribution is 7.99. The standard InChI is InChI=1S/C7H16N2OS/c1-3-4-11-5-6(2)7(10)9-8/h6H,3-5,8H2,1-2H3,(H,9,10). The molecule has 11 heavy (non-hydrogen) atoms. The summed E-state index contributed by atoms with van der Waals surface area (Å²) in [7, 11) is 0. The van der Waals surface area contributed by atoms with E-state index in [4.69, 9.17) is 5.84 Å².